The maximum absolute atomic E-state index is 13.7. The number of amides is 2. The van der Waals surface area contributed by atoms with Crippen LogP contribution in [0.4, 0.5) is 0 Å². The fraction of sp³-hybridized carbons (Fsp3) is 0.324. The Balaban J connectivity index is 1.56. The Morgan fingerprint density at radius 2 is 1.58 bits per heavy atom. The summed E-state index contributed by atoms with van der Waals surface area (Å²) in [5, 5.41) is 18.8. The van der Waals surface area contributed by atoms with E-state index in [1.807, 2.05) is 98.0 Å². The van der Waals surface area contributed by atoms with Crippen LogP contribution in [0.15, 0.2) is 104 Å². The van der Waals surface area contributed by atoms with E-state index in [4.69, 9.17) is 14.0 Å². The highest BCUT2D eigenvalue weighted by atomic mass is 28.4. The monoisotopic (exact) mass is 670 g/mol. The first-order valence-corrected chi connectivity index (χ1v) is 18.8. The van der Waals surface area contributed by atoms with Crippen LogP contribution in [0.1, 0.15) is 43.7 Å². The van der Waals surface area contributed by atoms with E-state index in [-0.39, 0.29) is 23.8 Å². The highest BCUT2D eigenvalue weighted by Crippen LogP contribution is 2.36. The first-order chi connectivity index (χ1) is 22.8. The summed E-state index contributed by atoms with van der Waals surface area (Å²) in [4.78, 5) is 27.2. The number of carbonyl (C=O) groups is 2. The topological polar surface area (TPSA) is 124 Å². The van der Waals surface area contributed by atoms with Gasteiger partial charge in [-0.25, -0.2) is 10.2 Å². The highest BCUT2D eigenvalue weighted by molar-refractivity contribution is 6.74. The van der Waals surface area contributed by atoms with Gasteiger partial charge in [-0.05, 0) is 53.5 Å². The third-order valence-electron chi connectivity index (χ3n) is 8.57. The SMILES string of the molecule is C=C[C@H](C(=O)N[C@@H](Cc1ccccc1)C(=O)NO[Si](C)(C)C(C)(C)C)[C@H](O)c1cc(OCc2ccc(OC)cc2)n(-c2ccccc2)n1. The van der Waals surface area contributed by atoms with Gasteiger partial charge in [0.2, 0.25) is 20.1 Å². The van der Waals surface area contributed by atoms with Gasteiger partial charge in [-0.2, -0.15) is 5.10 Å². The number of aliphatic hydroxyl groups is 1. The van der Waals surface area contributed by atoms with Crippen LogP contribution in [0, 0.1) is 5.92 Å². The number of nitrogens with zero attached hydrogens (tertiary/aromatic N) is 2. The van der Waals surface area contributed by atoms with Crippen LogP contribution in [0.25, 0.3) is 5.69 Å². The molecule has 0 fully saturated rings. The molecule has 10 nitrogen and oxygen atoms in total. The molecule has 3 atom stereocenters. The molecule has 3 aromatic carbocycles. The van der Waals surface area contributed by atoms with Crippen LogP contribution in [0.5, 0.6) is 11.6 Å². The second-order valence-electron chi connectivity index (χ2n) is 13.1. The van der Waals surface area contributed by atoms with E-state index in [2.05, 4.69) is 43.2 Å². The molecule has 48 heavy (non-hydrogen) atoms. The normalized spacial score (nSPS) is 13.6. The number of benzene rings is 3. The van der Waals surface area contributed by atoms with Gasteiger partial charge >= 0.3 is 0 Å². The number of hydrogen-bond donors (Lipinski definition) is 3. The van der Waals surface area contributed by atoms with E-state index in [1.165, 1.54) is 6.08 Å². The van der Waals surface area contributed by atoms with Crippen LogP contribution >= 0.6 is 0 Å². The Hall–Kier alpha value is -4.71. The standard InChI is InChI=1S/C37H46N4O6Si/c1-8-30(35(43)38-32(23-26-15-11-9-12-16-26)36(44)40-47-48(6,7)37(2,3)4)34(42)31-24-33(41(39-31)28-17-13-10-14-18-28)46-25-27-19-21-29(45-5)22-20-27/h8-22,24,30,32,34,42H,1,23,25H2,2-7H3,(H,38,43)(H,40,44)/t30-,32-,34-/m0/s1. The highest BCUT2D eigenvalue weighted by Gasteiger charge is 2.39. The lowest BCUT2D eigenvalue weighted by molar-refractivity contribution is -0.136. The summed E-state index contributed by atoms with van der Waals surface area (Å²) in [5.74, 6) is -1.10. The molecule has 2 amide bonds. The lowest BCUT2D eigenvalue weighted by Gasteiger charge is -2.35. The van der Waals surface area contributed by atoms with Gasteiger partial charge in [0.1, 0.15) is 24.5 Å². The molecule has 0 saturated carbocycles. The van der Waals surface area contributed by atoms with Crippen molar-refractivity contribution < 1.29 is 28.7 Å². The molecule has 0 spiro atoms. The first kappa shape index (κ1) is 36.1. The number of methoxy groups -OCH3 is 1. The number of rotatable bonds is 15. The fourth-order valence-corrected chi connectivity index (χ4v) is 5.22. The van der Waals surface area contributed by atoms with Gasteiger partial charge in [-0.1, -0.05) is 87.5 Å². The first-order valence-electron chi connectivity index (χ1n) is 15.9. The smallest absolute Gasteiger partial charge is 0.265 e. The number of para-hydroxylation sites is 1. The van der Waals surface area contributed by atoms with Gasteiger partial charge in [-0.3, -0.25) is 9.59 Å². The molecule has 0 saturated heterocycles. The minimum absolute atomic E-state index is 0.142. The molecule has 1 aromatic heterocycles. The molecule has 0 aliphatic rings. The van der Waals surface area contributed by atoms with Gasteiger partial charge in [0.15, 0.2) is 0 Å². The van der Waals surface area contributed by atoms with Crippen LogP contribution < -0.4 is 20.3 Å². The molecule has 3 N–H and O–H groups in total. The molecule has 0 bridgehead atoms. The average molecular weight is 671 g/mol. The number of hydrogen-bond acceptors (Lipinski definition) is 7. The van der Waals surface area contributed by atoms with E-state index < -0.39 is 38.2 Å². The van der Waals surface area contributed by atoms with Crippen molar-refractivity contribution in [2.24, 2.45) is 5.92 Å². The van der Waals surface area contributed by atoms with Gasteiger partial charge in [-0.15, -0.1) is 6.58 Å². The van der Waals surface area contributed by atoms with Crippen molar-refractivity contribution in [2.45, 2.75) is 64.1 Å². The lowest BCUT2D eigenvalue weighted by atomic mass is 9.97. The van der Waals surface area contributed by atoms with Crippen molar-refractivity contribution in [3.05, 3.63) is 120 Å². The summed E-state index contributed by atoms with van der Waals surface area (Å²) in [6.45, 7) is 14.3. The third kappa shape index (κ3) is 9.21. The van der Waals surface area contributed by atoms with E-state index in [0.717, 1.165) is 16.9 Å². The zero-order chi connectivity index (χ0) is 34.9. The van der Waals surface area contributed by atoms with Crippen LogP contribution in [0.3, 0.4) is 0 Å². The molecule has 4 rings (SSSR count). The number of hydroxylamine groups is 1. The Bertz CT molecular complexity index is 1650. The maximum Gasteiger partial charge on any atom is 0.265 e. The summed E-state index contributed by atoms with van der Waals surface area (Å²) < 4.78 is 18.9. The molecular formula is C37H46N4O6Si. The molecule has 0 radical (unpaired) electrons. The van der Waals surface area contributed by atoms with Crippen molar-refractivity contribution in [3.63, 3.8) is 0 Å². The number of carbonyl (C=O) groups excluding carboxylic acids is 2. The average Bonchev–Trinajstić information content (AvgIpc) is 3.51. The summed E-state index contributed by atoms with van der Waals surface area (Å²) in [6, 6.07) is 26.8. The van der Waals surface area contributed by atoms with Crippen molar-refractivity contribution in [3.8, 4) is 17.3 Å². The number of nitrogens with one attached hydrogen (secondary N) is 2. The minimum atomic E-state index is -2.33. The lowest BCUT2D eigenvalue weighted by Crippen LogP contribution is -2.53. The Kier molecular flexibility index (Phi) is 12.0. The van der Waals surface area contributed by atoms with Crippen molar-refractivity contribution in [1.82, 2.24) is 20.6 Å². The molecule has 254 valence electrons. The quantitative estimate of drug-likeness (QED) is 0.0796. The molecule has 4 aromatic rings. The van der Waals surface area contributed by atoms with E-state index in [9.17, 15) is 14.7 Å². The molecule has 1 heterocycles. The van der Waals surface area contributed by atoms with E-state index in [1.54, 1.807) is 17.9 Å². The largest absolute Gasteiger partial charge is 0.497 e. The second kappa shape index (κ2) is 15.9. The second-order valence-corrected chi connectivity index (χ2v) is 17.8. The predicted molar refractivity (Wildman–Crippen MR) is 188 cm³/mol. The minimum Gasteiger partial charge on any atom is -0.497 e. The van der Waals surface area contributed by atoms with Gasteiger partial charge in [0.05, 0.1) is 24.4 Å². The van der Waals surface area contributed by atoms with Gasteiger partial charge in [0.25, 0.3) is 5.91 Å². The van der Waals surface area contributed by atoms with Crippen LogP contribution in [0.2, 0.25) is 18.1 Å². The zero-order valence-electron chi connectivity index (χ0n) is 28.5. The summed E-state index contributed by atoms with van der Waals surface area (Å²) in [5.41, 5.74) is 5.28. The maximum atomic E-state index is 13.7. The molecule has 11 heteroatoms. The number of aliphatic hydroxyl groups excluding tert-OH is 1. The zero-order valence-corrected chi connectivity index (χ0v) is 29.5. The molecule has 0 aliphatic heterocycles. The molecule has 0 aliphatic carbocycles. The summed E-state index contributed by atoms with van der Waals surface area (Å²) in [7, 11) is -0.722. The molecular weight excluding hydrogens is 625 g/mol. The number of aromatic nitrogens is 2. The predicted octanol–water partition coefficient (Wildman–Crippen LogP) is 6.08. The van der Waals surface area contributed by atoms with Crippen LogP contribution in [-0.2, 0) is 27.1 Å². The van der Waals surface area contributed by atoms with Gasteiger partial charge in [0, 0.05) is 12.5 Å². The van der Waals surface area contributed by atoms with E-state index in [0.29, 0.717) is 11.6 Å². The van der Waals surface area contributed by atoms with E-state index >= 15 is 0 Å². The Labute approximate surface area is 283 Å². The number of ether oxygens (including phenoxy) is 2. The Morgan fingerprint density at radius 1 is 0.958 bits per heavy atom. The summed E-state index contributed by atoms with van der Waals surface area (Å²) in [6.07, 6.45) is 0.175. The molecule has 0 unspecified atom stereocenters. The van der Waals surface area contributed by atoms with Crippen molar-refractivity contribution >= 4 is 20.1 Å². The van der Waals surface area contributed by atoms with Crippen molar-refractivity contribution in [2.75, 3.05) is 7.11 Å². The van der Waals surface area contributed by atoms with Gasteiger partial charge < -0.3 is 24.4 Å². The third-order valence-corrected chi connectivity index (χ3v) is 12.8. The van der Waals surface area contributed by atoms with Crippen LogP contribution in [-0.4, -0.2) is 48.2 Å². The fourth-order valence-electron chi connectivity index (χ4n) is 4.55. The van der Waals surface area contributed by atoms with Crippen molar-refractivity contribution in [1.29, 1.82) is 0 Å². The summed E-state index contributed by atoms with van der Waals surface area (Å²) >= 11 is 0. The Morgan fingerprint density at radius 3 is 2.17 bits per heavy atom.